The lowest BCUT2D eigenvalue weighted by Crippen LogP contribution is -2.61. The third-order valence-corrected chi connectivity index (χ3v) is 22.3. The summed E-state index contributed by atoms with van der Waals surface area (Å²) in [5.41, 5.74) is 2.59. The maximum absolute atomic E-state index is 14.9. The number of esters is 2. The third-order valence-electron chi connectivity index (χ3n) is 22.3. The number of aromatic nitrogens is 4. The van der Waals surface area contributed by atoms with E-state index in [2.05, 4.69) is 35.1 Å². The second kappa shape index (κ2) is 41.6. The number of aliphatic hydroxyl groups is 2. The number of anilines is 2. The van der Waals surface area contributed by atoms with Crippen LogP contribution >= 0.6 is 0 Å². The number of ether oxygens (including phenoxy) is 8. The van der Waals surface area contributed by atoms with Gasteiger partial charge in [-0.1, -0.05) is 71.1 Å². The number of carbonyl (C=O) groups is 7. The van der Waals surface area contributed by atoms with E-state index in [-0.39, 0.29) is 73.0 Å². The number of aliphatic hydroxyl groups excluding tert-OH is 1. The molecule has 4 saturated heterocycles. The fraction of sp³-hybridized carbons (Fsp3) is 0.709. The van der Waals surface area contributed by atoms with Crippen LogP contribution in [0.5, 0.6) is 0 Å². The molecule has 6 aliphatic rings. The van der Waals surface area contributed by atoms with E-state index in [1.807, 2.05) is 87.8 Å². The lowest BCUT2D eigenvalue weighted by Gasteiger charge is -2.43. The molecule has 588 valence electrons. The second-order valence-corrected chi connectivity index (χ2v) is 30.0. The zero-order valence-corrected chi connectivity index (χ0v) is 64.8. The Labute approximate surface area is 626 Å². The lowest BCUT2D eigenvalue weighted by molar-refractivity contribution is -0.265. The Bertz CT molecular complexity index is 3300. The van der Waals surface area contributed by atoms with Crippen LogP contribution in [0.15, 0.2) is 72.4 Å². The summed E-state index contributed by atoms with van der Waals surface area (Å²) in [4.78, 5) is 125. The summed E-state index contributed by atoms with van der Waals surface area (Å²) < 4.78 is 48.8. The van der Waals surface area contributed by atoms with Crippen molar-refractivity contribution in [2.24, 2.45) is 35.5 Å². The Morgan fingerprint density at radius 2 is 1.40 bits per heavy atom. The van der Waals surface area contributed by atoms with Crippen molar-refractivity contribution in [3.8, 4) is 0 Å². The number of nitrogens with zero attached hydrogens (tertiary/aromatic N) is 9. The van der Waals surface area contributed by atoms with Gasteiger partial charge >= 0.3 is 11.9 Å². The molecule has 3 N–H and O–H groups in total. The Balaban J connectivity index is 0.840. The molecule has 8 rings (SSSR count). The summed E-state index contributed by atoms with van der Waals surface area (Å²) >= 11 is 0. The standard InChI is InChI=1S/C79H120N10O17/c1-13-80-74(95)60-49-83-78(84-50-60)87-32-30-85(31-33-87)38-40-103-39-28-68(90)86-34-36-88(37-35-86)77-81-47-59(48-82-77)24-27-69(91)104-63-26-23-58(44-67(63)101-11)43-54(5)66-46-65(100-10)53(4)42-56(7)71(93)72(102-12)70(92)55(6)41-51(2)19-15-14-16-20-52(3)64(99-9)45-61-25-22-57(8)79(98,106-61)73(94)75(96)89-29-18-17-21-62(89)76(97)105-66/h14-16,19-20,42,47-51,53-55,57-58,61-67,71-72,93,98H,13,17-18,21-41,43-46H2,1-12H3,(H,80,95)/b16-14+,19-15+,52-20+,56-42+/t51-,53-,54-,55-,57-,58+,61+,62+,63-,64+,65-,66+,67-,71-,72+,79-/m1/s1. The van der Waals surface area contributed by atoms with Crippen molar-refractivity contribution < 1.29 is 81.7 Å². The van der Waals surface area contributed by atoms with Crippen LogP contribution in [0.4, 0.5) is 11.9 Å². The molecular formula is C79H120N10O17. The summed E-state index contributed by atoms with van der Waals surface area (Å²) in [5, 5.41) is 26.7. The number of rotatable bonds is 21. The summed E-state index contributed by atoms with van der Waals surface area (Å²) in [6.45, 7) is 22.7. The molecule has 0 unspecified atom stereocenters. The van der Waals surface area contributed by atoms with Crippen molar-refractivity contribution in [2.75, 3.05) is 123 Å². The van der Waals surface area contributed by atoms with Crippen molar-refractivity contribution in [3.63, 3.8) is 0 Å². The number of piperidine rings is 1. The van der Waals surface area contributed by atoms with Crippen molar-refractivity contribution in [1.29, 1.82) is 0 Å². The fourth-order valence-electron chi connectivity index (χ4n) is 15.6. The number of allylic oxidation sites excluding steroid dienone is 5. The normalized spacial score (nSPS) is 31.8. The summed E-state index contributed by atoms with van der Waals surface area (Å²) in [5.74, 6) is -6.65. The van der Waals surface area contributed by atoms with Gasteiger partial charge < -0.3 is 73.0 Å². The number of Topliss-reactive ketones (excluding diaryl/α,β-unsaturated/α-hetero) is 2. The van der Waals surface area contributed by atoms with E-state index in [4.69, 9.17) is 37.9 Å². The number of methoxy groups -OCH3 is 4. The van der Waals surface area contributed by atoms with Crippen molar-refractivity contribution in [2.45, 2.75) is 212 Å². The number of carbonyl (C=O) groups excluding carboxylic acids is 7. The van der Waals surface area contributed by atoms with Crippen LogP contribution in [0, 0.1) is 35.5 Å². The first-order valence-corrected chi connectivity index (χ1v) is 38.6. The molecule has 7 heterocycles. The first-order valence-electron chi connectivity index (χ1n) is 38.6. The van der Waals surface area contributed by atoms with Gasteiger partial charge in [-0.15, -0.1) is 0 Å². The number of aryl methyl sites for hydroxylation is 1. The van der Waals surface area contributed by atoms with Crippen molar-refractivity contribution in [3.05, 3.63) is 83.5 Å². The van der Waals surface area contributed by atoms with E-state index in [9.17, 15) is 43.8 Å². The average molecular weight is 1480 g/mol. The molecule has 2 bridgehead atoms. The molecule has 16 atom stereocenters. The zero-order valence-electron chi connectivity index (χ0n) is 64.8. The largest absolute Gasteiger partial charge is 0.460 e. The molecule has 5 fully saturated rings. The molecule has 0 spiro atoms. The summed E-state index contributed by atoms with van der Waals surface area (Å²) in [6, 6.07) is -1.14. The monoisotopic (exact) mass is 1480 g/mol. The number of hydrogen-bond acceptors (Lipinski definition) is 24. The Kier molecular flexibility index (Phi) is 33.2. The minimum atomic E-state index is -2.45. The average Bonchev–Trinajstić information content (AvgIpc) is 0.772. The maximum atomic E-state index is 14.9. The summed E-state index contributed by atoms with van der Waals surface area (Å²) in [6.07, 6.45) is 18.7. The molecule has 2 aromatic rings. The van der Waals surface area contributed by atoms with Crippen LogP contribution in [-0.2, 0) is 73.1 Å². The third kappa shape index (κ3) is 23.5. The SMILES string of the molecule is CCNC(=O)c1cnc(N2CCN(CCOCCC(=O)N3CCN(c4ncc(CCC(=O)O[C@@H]5CC[C@@H](C[C@@H](C)[C@@H]6C[C@@H](OC)[C@H](C)/C=C(\C)[C@@H](O)[C@@H](OC)C(=O)[C@H](C)C[C@H](C)/C=C/C=C/C=C(\C)[C@@H](OC)C[C@@H]7CC[C@@H](C)[C@@](O)(O7)C(=O)C(=O)N7CCCC[C@H]7C(=O)O6)C[C@H]5OC)cn4)CC3)CC2)nc1. The molecule has 5 aliphatic heterocycles. The van der Waals surface area contributed by atoms with Crippen LogP contribution in [0.25, 0.3) is 0 Å². The molecule has 2 aromatic heterocycles. The lowest BCUT2D eigenvalue weighted by atomic mass is 9.78. The highest BCUT2D eigenvalue weighted by atomic mass is 16.6. The number of nitrogens with one attached hydrogen (secondary N) is 1. The van der Waals surface area contributed by atoms with E-state index in [1.54, 1.807) is 60.0 Å². The molecular weight excluding hydrogens is 1360 g/mol. The number of piperazine rings is 2. The van der Waals surface area contributed by atoms with E-state index in [0.29, 0.717) is 146 Å². The Morgan fingerprint density at radius 3 is 2.06 bits per heavy atom. The van der Waals surface area contributed by atoms with Crippen molar-refractivity contribution >= 4 is 53.1 Å². The van der Waals surface area contributed by atoms with E-state index in [0.717, 1.165) is 43.9 Å². The fourth-order valence-corrected chi connectivity index (χ4v) is 15.6. The maximum Gasteiger partial charge on any atom is 0.329 e. The number of cyclic esters (lactones) is 1. The molecule has 1 saturated carbocycles. The van der Waals surface area contributed by atoms with Crippen LogP contribution in [0.3, 0.4) is 0 Å². The predicted octanol–water partition coefficient (Wildman–Crippen LogP) is 7.02. The van der Waals surface area contributed by atoms with Gasteiger partial charge in [-0.05, 0) is 126 Å². The molecule has 3 amide bonds. The second-order valence-electron chi connectivity index (χ2n) is 30.0. The smallest absolute Gasteiger partial charge is 0.329 e. The van der Waals surface area contributed by atoms with Gasteiger partial charge in [-0.25, -0.2) is 24.7 Å². The van der Waals surface area contributed by atoms with Gasteiger partial charge in [0.25, 0.3) is 17.6 Å². The quantitative estimate of drug-likeness (QED) is 0.0489. The Morgan fingerprint density at radius 1 is 0.717 bits per heavy atom. The highest BCUT2D eigenvalue weighted by Gasteiger charge is 2.53. The van der Waals surface area contributed by atoms with Crippen LogP contribution < -0.4 is 15.1 Å². The van der Waals surface area contributed by atoms with Gasteiger partial charge in [0.2, 0.25) is 23.6 Å². The van der Waals surface area contributed by atoms with Gasteiger partial charge in [0.15, 0.2) is 5.78 Å². The number of amides is 3. The number of ketones is 2. The number of hydrogen-bond donors (Lipinski definition) is 3. The molecule has 27 nitrogen and oxygen atoms in total. The van der Waals surface area contributed by atoms with Gasteiger partial charge in [0, 0.05) is 162 Å². The topological polar surface area (TPSA) is 314 Å². The van der Waals surface area contributed by atoms with Crippen LogP contribution in [0.2, 0.25) is 0 Å². The molecule has 0 aromatic carbocycles. The van der Waals surface area contributed by atoms with Gasteiger partial charge in [0.05, 0.1) is 49.6 Å². The minimum Gasteiger partial charge on any atom is -0.460 e. The highest BCUT2D eigenvalue weighted by Crippen LogP contribution is 2.39. The van der Waals surface area contributed by atoms with E-state index < -0.39 is 90.2 Å². The highest BCUT2D eigenvalue weighted by molar-refractivity contribution is 6.39. The number of fused-ring (bicyclic) bond motifs is 3. The van der Waals surface area contributed by atoms with Crippen molar-refractivity contribution in [1.82, 2.24) is 40.0 Å². The summed E-state index contributed by atoms with van der Waals surface area (Å²) in [7, 11) is 6.18. The zero-order chi connectivity index (χ0) is 76.6. The molecule has 0 radical (unpaired) electrons. The first-order chi connectivity index (χ1) is 50.9. The first kappa shape index (κ1) is 84.7. The van der Waals surface area contributed by atoms with Gasteiger partial charge in [0.1, 0.15) is 30.5 Å². The molecule has 106 heavy (non-hydrogen) atoms. The van der Waals surface area contributed by atoms with Gasteiger partial charge in [-0.3, -0.25) is 33.7 Å². The van der Waals surface area contributed by atoms with E-state index >= 15 is 0 Å². The molecule has 1 aliphatic carbocycles. The predicted molar refractivity (Wildman–Crippen MR) is 398 cm³/mol. The van der Waals surface area contributed by atoms with Gasteiger partial charge in [-0.2, -0.15) is 0 Å². The minimum absolute atomic E-state index is 0.0118. The Hall–Kier alpha value is -6.95. The molecule has 27 heteroatoms. The van der Waals surface area contributed by atoms with E-state index in [1.165, 1.54) is 12.0 Å². The van der Waals surface area contributed by atoms with Crippen LogP contribution in [0.1, 0.15) is 161 Å². The van der Waals surface area contributed by atoms with Crippen LogP contribution in [-0.4, -0.2) is 260 Å².